The highest BCUT2D eigenvalue weighted by atomic mass is 79.9. The minimum absolute atomic E-state index is 0.541. The summed E-state index contributed by atoms with van der Waals surface area (Å²) in [6.45, 7) is 0. The molecule has 0 atom stereocenters. The molecule has 5 nitrogen and oxygen atoms in total. The maximum Gasteiger partial charge on any atom is 0.223 e. The Labute approximate surface area is 103 Å². The first kappa shape index (κ1) is 10.7. The van der Waals surface area contributed by atoms with Crippen LogP contribution in [0.2, 0.25) is 0 Å². The molecule has 15 heavy (non-hydrogen) atoms. The third-order valence-corrected chi connectivity index (χ3v) is 2.84. The molecule has 2 heterocycles. The molecule has 0 bridgehead atoms. The Morgan fingerprint density at radius 3 is 2.87 bits per heavy atom. The van der Waals surface area contributed by atoms with Gasteiger partial charge >= 0.3 is 0 Å². The molecular formula is C8H7Br2N5. The second kappa shape index (κ2) is 4.36. The maximum absolute atomic E-state index is 4.28. The predicted octanol–water partition coefficient (Wildman–Crippen LogP) is 1.93. The standard InChI is InChI=1S/C8H7Br2N5/c1-15-13-8(12-14-15)7-5(3-9)2-6(10)4-11-7/h2,4H,3H2,1H3. The van der Waals surface area contributed by atoms with Crippen LogP contribution >= 0.6 is 31.9 Å². The van der Waals surface area contributed by atoms with E-state index in [9.17, 15) is 0 Å². The number of hydrogen-bond acceptors (Lipinski definition) is 4. The number of nitrogens with zero attached hydrogens (tertiary/aromatic N) is 5. The highest BCUT2D eigenvalue weighted by Crippen LogP contribution is 2.22. The third-order valence-electron chi connectivity index (χ3n) is 1.80. The van der Waals surface area contributed by atoms with Crippen LogP contribution in [0.3, 0.4) is 0 Å². The molecule has 0 unspecified atom stereocenters. The van der Waals surface area contributed by atoms with Crippen LogP contribution in [0.15, 0.2) is 16.7 Å². The summed E-state index contributed by atoms with van der Waals surface area (Å²) < 4.78 is 0.935. The van der Waals surface area contributed by atoms with Crippen molar-refractivity contribution in [2.24, 2.45) is 7.05 Å². The van der Waals surface area contributed by atoms with E-state index in [-0.39, 0.29) is 0 Å². The average Bonchev–Trinajstić information content (AvgIpc) is 2.64. The van der Waals surface area contributed by atoms with Crippen molar-refractivity contribution in [3.63, 3.8) is 0 Å². The molecule has 2 aromatic heterocycles. The molecule has 0 aromatic carbocycles. The van der Waals surface area contributed by atoms with Crippen molar-refractivity contribution in [2.45, 2.75) is 5.33 Å². The van der Waals surface area contributed by atoms with Crippen LogP contribution in [0, 0.1) is 0 Å². The number of tetrazole rings is 1. The van der Waals surface area contributed by atoms with Crippen molar-refractivity contribution in [3.05, 3.63) is 22.3 Å². The molecular weight excluding hydrogens is 326 g/mol. The van der Waals surface area contributed by atoms with Gasteiger partial charge in [0.25, 0.3) is 0 Å². The summed E-state index contributed by atoms with van der Waals surface area (Å²) in [4.78, 5) is 5.69. The fourth-order valence-electron chi connectivity index (χ4n) is 1.16. The van der Waals surface area contributed by atoms with Gasteiger partial charge in [-0.3, -0.25) is 4.98 Å². The van der Waals surface area contributed by atoms with Crippen molar-refractivity contribution in [3.8, 4) is 11.5 Å². The van der Waals surface area contributed by atoms with E-state index in [0.717, 1.165) is 15.7 Å². The quantitative estimate of drug-likeness (QED) is 0.788. The second-order valence-corrected chi connectivity index (χ2v) is 4.37. The van der Waals surface area contributed by atoms with Gasteiger partial charge in [0.1, 0.15) is 5.69 Å². The van der Waals surface area contributed by atoms with Crippen molar-refractivity contribution in [1.82, 2.24) is 25.2 Å². The number of alkyl halides is 1. The topological polar surface area (TPSA) is 56.5 Å². The minimum atomic E-state index is 0.541. The van der Waals surface area contributed by atoms with Gasteiger partial charge in [0.15, 0.2) is 0 Å². The van der Waals surface area contributed by atoms with Crippen LogP contribution in [0.25, 0.3) is 11.5 Å². The molecule has 7 heteroatoms. The van der Waals surface area contributed by atoms with E-state index in [1.807, 2.05) is 6.07 Å². The lowest BCUT2D eigenvalue weighted by atomic mass is 10.2. The van der Waals surface area contributed by atoms with Crippen molar-refractivity contribution >= 4 is 31.9 Å². The lowest BCUT2D eigenvalue weighted by Crippen LogP contribution is -1.94. The van der Waals surface area contributed by atoms with Crippen LogP contribution in [0.1, 0.15) is 5.56 Å². The molecule has 0 spiro atoms. The summed E-state index contributed by atoms with van der Waals surface area (Å²) in [5.74, 6) is 0.541. The summed E-state index contributed by atoms with van der Waals surface area (Å²) in [5, 5.41) is 12.5. The summed E-state index contributed by atoms with van der Waals surface area (Å²) in [5.41, 5.74) is 1.78. The fourth-order valence-corrected chi connectivity index (χ4v) is 1.97. The summed E-state index contributed by atoms with van der Waals surface area (Å²) in [6, 6.07) is 1.98. The van der Waals surface area contributed by atoms with Crippen LogP contribution < -0.4 is 0 Å². The third kappa shape index (κ3) is 2.23. The number of aromatic nitrogens is 5. The molecule has 0 amide bonds. The molecule has 0 N–H and O–H groups in total. The normalized spacial score (nSPS) is 10.6. The zero-order valence-electron chi connectivity index (χ0n) is 7.85. The Kier molecular flexibility index (Phi) is 3.11. The van der Waals surface area contributed by atoms with Crippen molar-refractivity contribution < 1.29 is 0 Å². The number of halogens is 2. The molecule has 0 fully saturated rings. The highest BCUT2D eigenvalue weighted by Gasteiger charge is 2.11. The van der Waals surface area contributed by atoms with E-state index in [0.29, 0.717) is 11.2 Å². The Hall–Kier alpha value is -0.820. The number of rotatable bonds is 2. The monoisotopic (exact) mass is 331 g/mol. The van der Waals surface area contributed by atoms with Gasteiger partial charge < -0.3 is 0 Å². The molecule has 0 radical (unpaired) electrons. The second-order valence-electron chi connectivity index (χ2n) is 2.90. The van der Waals surface area contributed by atoms with Gasteiger partial charge in [-0.1, -0.05) is 15.9 Å². The maximum atomic E-state index is 4.28. The van der Waals surface area contributed by atoms with E-state index in [1.165, 1.54) is 4.80 Å². The Morgan fingerprint density at radius 2 is 2.27 bits per heavy atom. The fraction of sp³-hybridized carbons (Fsp3) is 0.250. The first-order chi connectivity index (χ1) is 7.20. The van der Waals surface area contributed by atoms with Gasteiger partial charge in [0.05, 0.1) is 7.05 Å². The molecule has 0 aliphatic heterocycles. The minimum Gasteiger partial charge on any atom is -0.251 e. The van der Waals surface area contributed by atoms with Crippen LogP contribution in [-0.4, -0.2) is 25.2 Å². The molecule has 0 aliphatic rings. The van der Waals surface area contributed by atoms with E-state index in [2.05, 4.69) is 52.3 Å². The van der Waals surface area contributed by atoms with Gasteiger partial charge in [0, 0.05) is 16.0 Å². The van der Waals surface area contributed by atoms with Gasteiger partial charge in [-0.25, -0.2) is 0 Å². The zero-order valence-corrected chi connectivity index (χ0v) is 11.0. The smallest absolute Gasteiger partial charge is 0.223 e. The molecule has 0 aliphatic carbocycles. The number of hydrogen-bond donors (Lipinski definition) is 0. The summed E-state index contributed by atoms with van der Waals surface area (Å²) >= 11 is 6.77. The molecule has 2 aromatic rings. The first-order valence-electron chi connectivity index (χ1n) is 4.15. The van der Waals surface area contributed by atoms with E-state index >= 15 is 0 Å². The Balaban J connectivity index is 2.52. The van der Waals surface area contributed by atoms with E-state index in [4.69, 9.17) is 0 Å². The molecule has 0 saturated heterocycles. The van der Waals surface area contributed by atoms with E-state index < -0.39 is 0 Å². The van der Waals surface area contributed by atoms with Gasteiger partial charge in [-0.15, -0.1) is 10.2 Å². The van der Waals surface area contributed by atoms with Crippen molar-refractivity contribution in [1.29, 1.82) is 0 Å². The van der Waals surface area contributed by atoms with Gasteiger partial charge in [-0.05, 0) is 32.8 Å². The number of aryl methyl sites for hydroxylation is 1. The average molecular weight is 333 g/mol. The predicted molar refractivity (Wildman–Crippen MR) is 62.4 cm³/mol. The number of pyridine rings is 1. The molecule has 78 valence electrons. The Bertz CT molecular complexity index is 482. The van der Waals surface area contributed by atoms with Gasteiger partial charge in [0.2, 0.25) is 5.82 Å². The first-order valence-corrected chi connectivity index (χ1v) is 6.07. The summed E-state index contributed by atoms with van der Waals surface area (Å²) in [7, 11) is 1.73. The summed E-state index contributed by atoms with van der Waals surface area (Å²) in [6.07, 6.45) is 1.72. The molecule has 0 saturated carbocycles. The Morgan fingerprint density at radius 1 is 1.47 bits per heavy atom. The van der Waals surface area contributed by atoms with Crippen molar-refractivity contribution in [2.75, 3.05) is 0 Å². The lowest BCUT2D eigenvalue weighted by molar-refractivity contribution is 0.630. The van der Waals surface area contributed by atoms with Crippen LogP contribution in [0.4, 0.5) is 0 Å². The van der Waals surface area contributed by atoms with Crippen LogP contribution in [0.5, 0.6) is 0 Å². The zero-order chi connectivity index (χ0) is 10.8. The van der Waals surface area contributed by atoms with E-state index in [1.54, 1.807) is 13.2 Å². The lowest BCUT2D eigenvalue weighted by Gasteiger charge is -2.01. The highest BCUT2D eigenvalue weighted by molar-refractivity contribution is 9.10. The van der Waals surface area contributed by atoms with Gasteiger partial charge in [-0.2, -0.15) is 4.80 Å². The SMILES string of the molecule is Cn1nnc(-c2ncc(Br)cc2CBr)n1. The van der Waals surface area contributed by atoms with Crippen LogP contribution in [-0.2, 0) is 12.4 Å². The largest absolute Gasteiger partial charge is 0.251 e. The molecule has 2 rings (SSSR count).